The van der Waals surface area contributed by atoms with Gasteiger partial charge in [-0.25, -0.2) is 13.4 Å². The third-order valence-corrected chi connectivity index (χ3v) is 6.00. The van der Waals surface area contributed by atoms with Crippen LogP contribution < -0.4 is 5.32 Å². The highest BCUT2D eigenvalue weighted by Gasteiger charge is 2.16. The van der Waals surface area contributed by atoms with Crippen LogP contribution in [0.4, 0.5) is 0 Å². The smallest absolute Gasteiger partial charge is 0.270 e. The van der Waals surface area contributed by atoms with Crippen molar-refractivity contribution in [2.45, 2.75) is 11.3 Å². The fraction of sp³-hybridized carbons (Fsp3) is 0.143. The van der Waals surface area contributed by atoms with Crippen LogP contribution in [-0.4, -0.2) is 32.1 Å². The summed E-state index contributed by atoms with van der Waals surface area (Å²) in [6.45, 7) is 0.357. The summed E-state index contributed by atoms with van der Waals surface area (Å²) in [7, 11) is -3.40. The van der Waals surface area contributed by atoms with Gasteiger partial charge in [0.1, 0.15) is 5.69 Å². The van der Waals surface area contributed by atoms with E-state index in [9.17, 15) is 13.2 Å². The van der Waals surface area contributed by atoms with E-state index in [1.54, 1.807) is 11.4 Å². The highest BCUT2D eigenvalue weighted by Crippen LogP contribution is 2.28. The molecule has 3 rings (SSSR count). The molecule has 0 saturated carbocycles. The standard InChI is InChI=1S/C21H18N2O3S2/c1-3-20-23-18(14-27-20)21(24)22-12-11-15-9-10-17(16-7-5-4-6-8-16)19(13-15)28(2,25)26/h1,4-10,13-14H,11-12H2,2H3,(H,22,24). The van der Waals surface area contributed by atoms with E-state index in [2.05, 4.69) is 16.2 Å². The molecule has 0 fully saturated rings. The molecule has 0 unspecified atom stereocenters. The Morgan fingerprint density at radius 1 is 1.21 bits per heavy atom. The molecule has 0 aliphatic heterocycles. The minimum atomic E-state index is -3.40. The van der Waals surface area contributed by atoms with Gasteiger partial charge in [-0.2, -0.15) is 0 Å². The highest BCUT2D eigenvalue weighted by molar-refractivity contribution is 7.90. The second-order valence-electron chi connectivity index (χ2n) is 6.16. The van der Waals surface area contributed by atoms with Gasteiger partial charge in [0.2, 0.25) is 0 Å². The number of hydrogen-bond acceptors (Lipinski definition) is 5. The second kappa shape index (κ2) is 8.38. The molecule has 0 radical (unpaired) electrons. The van der Waals surface area contributed by atoms with E-state index >= 15 is 0 Å². The number of carbonyl (C=O) groups excluding carboxylic acids is 1. The van der Waals surface area contributed by atoms with Gasteiger partial charge in [-0.15, -0.1) is 17.8 Å². The molecular weight excluding hydrogens is 392 g/mol. The lowest BCUT2D eigenvalue weighted by Crippen LogP contribution is -2.26. The summed E-state index contributed by atoms with van der Waals surface area (Å²) in [6.07, 6.45) is 6.96. The van der Waals surface area contributed by atoms with Gasteiger partial charge in [0.05, 0.1) is 4.90 Å². The molecule has 1 N–H and O–H groups in total. The third kappa shape index (κ3) is 4.66. The number of benzene rings is 2. The molecule has 1 amide bonds. The summed E-state index contributed by atoms with van der Waals surface area (Å²) in [5.41, 5.74) is 2.62. The predicted molar refractivity (Wildman–Crippen MR) is 111 cm³/mol. The Morgan fingerprint density at radius 2 is 1.96 bits per heavy atom. The molecule has 28 heavy (non-hydrogen) atoms. The molecule has 0 bridgehead atoms. The molecule has 0 atom stereocenters. The van der Waals surface area contributed by atoms with Gasteiger partial charge < -0.3 is 5.32 Å². The van der Waals surface area contributed by atoms with Crippen LogP contribution in [0.15, 0.2) is 58.8 Å². The van der Waals surface area contributed by atoms with E-state index in [1.165, 1.54) is 17.6 Å². The first-order valence-corrected chi connectivity index (χ1v) is 11.2. The topological polar surface area (TPSA) is 76.1 Å². The minimum Gasteiger partial charge on any atom is -0.350 e. The van der Waals surface area contributed by atoms with Crippen LogP contribution in [0.1, 0.15) is 21.1 Å². The Morgan fingerprint density at radius 3 is 2.61 bits per heavy atom. The second-order valence-corrected chi connectivity index (χ2v) is 9.00. The molecular formula is C21H18N2O3S2. The quantitative estimate of drug-likeness (QED) is 0.634. The van der Waals surface area contributed by atoms with Gasteiger partial charge in [-0.05, 0) is 29.5 Å². The molecule has 3 aromatic rings. The Kier molecular flexibility index (Phi) is 5.93. The summed E-state index contributed by atoms with van der Waals surface area (Å²) < 4.78 is 24.6. The number of sulfone groups is 1. The average molecular weight is 411 g/mol. The maximum Gasteiger partial charge on any atom is 0.270 e. The number of carbonyl (C=O) groups is 1. The van der Waals surface area contributed by atoms with Crippen molar-refractivity contribution in [2.24, 2.45) is 0 Å². The molecule has 0 aliphatic rings. The summed E-state index contributed by atoms with van der Waals surface area (Å²) >= 11 is 1.24. The van der Waals surface area contributed by atoms with Gasteiger partial charge >= 0.3 is 0 Å². The van der Waals surface area contributed by atoms with Crippen molar-refractivity contribution in [3.05, 3.63) is 70.2 Å². The lowest BCUT2D eigenvalue weighted by Gasteiger charge is -2.11. The predicted octanol–water partition coefficient (Wildman–Crippen LogP) is 3.17. The monoisotopic (exact) mass is 410 g/mol. The highest BCUT2D eigenvalue weighted by atomic mass is 32.2. The zero-order chi connectivity index (χ0) is 20.1. The zero-order valence-electron chi connectivity index (χ0n) is 15.2. The number of terminal acetylenes is 1. The fourth-order valence-electron chi connectivity index (χ4n) is 2.74. The Labute approximate surface area is 168 Å². The largest absolute Gasteiger partial charge is 0.350 e. The van der Waals surface area contributed by atoms with Crippen molar-refractivity contribution in [3.63, 3.8) is 0 Å². The molecule has 142 valence electrons. The first-order chi connectivity index (χ1) is 13.4. The van der Waals surface area contributed by atoms with E-state index in [1.807, 2.05) is 42.5 Å². The van der Waals surface area contributed by atoms with Crippen LogP contribution >= 0.6 is 11.3 Å². The summed E-state index contributed by atoms with van der Waals surface area (Å²) in [4.78, 5) is 16.4. The van der Waals surface area contributed by atoms with E-state index in [4.69, 9.17) is 6.42 Å². The molecule has 0 saturated heterocycles. The summed E-state index contributed by atoms with van der Waals surface area (Å²) in [5, 5.41) is 4.85. The van der Waals surface area contributed by atoms with Crippen LogP contribution in [0.2, 0.25) is 0 Å². The minimum absolute atomic E-state index is 0.278. The Hall–Kier alpha value is -2.95. The lowest BCUT2D eigenvalue weighted by molar-refractivity contribution is 0.0950. The lowest BCUT2D eigenvalue weighted by atomic mass is 10.0. The first-order valence-electron chi connectivity index (χ1n) is 8.47. The Bertz CT molecular complexity index is 1140. The molecule has 5 nitrogen and oxygen atoms in total. The molecule has 0 aliphatic carbocycles. The first kappa shape index (κ1) is 19.8. The van der Waals surface area contributed by atoms with Crippen LogP contribution in [0, 0.1) is 12.3 Å². The van der Waals surface area contributed by atoms with E-state index in [-0.39, 0.29) is 16.5 Å². The van der Waals surface area contributed by atoms with Crippen LogP contribution in [-0.2, 0) is 16.3 Å². The van der Waals surface area contributed by atoms with Crippen molar-refractivity contribution in [2.75, 3.05) is 12.8 Å². The maximum absolute atomic E-state index is 12.3. The van der Waals surface area contributed by atoms with Gasteiger partial charge in [-0.3, -0.25) is 4.79 Å². The molecule has 1 aromatic heterocycles. The molecule has 1 heterocycles. The number of nitrogens with one attached hydrogen (secondary N) is 1. The summed E-state index contributed by atoms with van der Waals surface area (Å²) in [5.74, 6) is 2.09. The van der Waals surface area contributed by atoms with E-state index in [0.29, 0.717) is 23.5 Å². The average Bonchev–Trinajstić information content (AvgIpc) is 3.17. The molecule has 0 spiro atoms. The van der Waals surface area contributed by atoms with Crippen molar-refractivity contribution >= 4 is 27.1 Å². The van der Waals surface area contributed by atoms with Gasteiger partial charge in [0.25, 0.3) is 5.91 Å². The van der Waals surface area contributed by atoms with Crippen LogP contribution in [0.25, 0.3) is 11.1 Å². The zero-order valence-corrected chi connectivity index (χ0v) is 16.8. The number of thiazole rings is 1. The van der Waals surface area contributed by atoms with Gasteiger partial charge in [-0.1, -0.05) is 42.5 Å². The third-order valence-electron chi connectivity index (χ3n) is 4.09. The molecule has 2 aromatic carbocycles. The van der Waals surface area contributed by atoms with Crippen LogP contribution in [0.3, 0.4) is 0 Å². The van der Waals surface area contributed by atoms with Crippen molar-refractivity contribution < 1.29 is 13.2 Å². The van der Waals surface area contributed by atoms with Crippen molar-refractivity contribution in [1.82, 2.24) is 10.3 Å². The fourth-order valence-corrected chi connectivity index (χ4v) is 4.29. The number of aromatic nitrogens is 1. The summed E-state index contributed by atoms with van der Waals surface area (Å²) in [6, 6.07) is 14.7. The van der Waals surface area contributed by atoms with E-state index < -0.39 is 9.84 Å². The SMILES string of the molecule is C#Cc1nc(C(=O)NCCc2ccc(-c3ccccc3)c(S(C)(=O)=O)c2)cs1. The number of hydrogen-bond donors (Lipinski definition) is 1. The number of rotatable bonds is 6. The van der Waals surface area contributed by atoms with Crippen molar-refractivity contribution in [3.8, 4) is 23.5 Å². The van der Waals surface area contributed by atoms with Gasteiger partial charge in [0.15, 0.2) is 14.8 Å². The van der Waals surface area contributed by atoms with Gasteiger partial charge in [0, 0.05) is 23.7 Å². The maximum atomic E-state index is 12.3. The van der Waals surface area contributed by atoms with Crippen LogP contribution in [0.5, 0.6) is 0 Å². The Balaban J connectivity index is 1.74. The normalized spacial score (nSPS) is 11.0. The van der Waals surface area contributed by atoms with E-state index in [0.717, 1.165) is 11.1 Å². The van der Waals surface area contributed by atoms with Crippen molar-refractivity contribution in [1.29, 1.82) is 0 Å². The number of amides is 1. The molecule has 7 heteroatoms. The number of nitrogens with zero attached hydrogens (tertiary/aromatic N) is 1.